The maximum Gasteiger partial charge on any atom is 0.128 e. The summed E-state index contributed by atoms with van der Waals surface area (Å²) in [5.41, 5.74) is 0. The number of halogens is 1. The van der Waals surface area contributed by atoms with Crippen molar-refractivity contribution in [2.75, 3.05) is 20.1 Å². The van der Waals surface area contributed by atoms with Crippen molar-refractivity contribution in [3.8, 4) is 0 Å². The van der Waals surface area contributed by atoms with Gasteiger partial charge in [0.1, 0.15) is 11.0 Å². The molecule has 0 radical (unpaired) electrons. The van der Waals surface area contributed by atoms with Gasteiger partial charge < -0.3 is 14.8 Å². The fourth-order valence-corrected chi connectivity index (χ4v) is 3.09. The van der Waals surface area contributed by atoms with Crippen LogP contribution in [0.4, 0.5) is 0 Å². The molecule has 20 heavy (non-hydrogen) atoms. The highest BCUT2D eigenvalue weighted by atomic mass is 35.5. The number of hydrogen-bond acceptors (Lipinski definition) is 3. The second kappa shape index (κ2) is 8.01. The predicted octanol–water partition coefficient (Wildman–Crippen LogP) is 2.82. The number of nitrogens with zero attached hydrogens (tertiary/aromatic N) is 3. The van der Waals surface area contributed by atoms with Crippen LogP contribution in [-0.4, -0.2) is 40.6 Å². The SMILES string of the molecule is CN(CCCNCc1ncc(Cl)n1C)C1CCCCC1. The molecular formula is C15H27ClN4. The average molecular weight is 299 g/mol. The molecule has 0 spiro atoms. The molecule has 0 aliphatic heterocycles. The Balaban J connectivity index is 1.58. The molecule has 2 rings (SSSR count). The summed E-state index contributed by atoms with van der Waals surface area (Å²) >= 11 is 5.96. The highest BCUT2D eigenvalue weighted by molar-refractivity contribution is 6.29. The van der Waals surface area contributed by atoms with Crippen LogP contribution in [0.3, 0.4) is 0 Å². The van der Waals surface area contributed by atoms with Gasteiger partial charge in [0.2, 0.25) is 0 Å². The maximum absolute atomic E-state index is 5.96. The lowest BCUT2D eigenvalue weighted by Gasteiger charge is -2.31. The quantitative estimate of drug-likeness (QED) is 0.786. The summed E-state index contributed by atoms with van der Waals surface area (Å²) in [6, 6.07) is 0.817. The van der Waals surface area contributed by atoms with E-state index in [2.05, 4.69) is 22.2 Å². The van der Waals surface area contributed by atoms with Gasteiger partial charge in [-0.05, 0) is 39.4 Å². The molecule has 1 aliphatic carbocycles. The van der Waals surface area contributed by atoms with Crippen LogP contribution >= 0.6 is 11.6 Å². The van der Waals surface area contributed by atoms with Crippen LogP contribution in [0.1, 0.15) is 44.3 Å². The molecule has 4 nitrogen and oxygen atoms in total. The third kappa shape index (κ3) is 4.47. The van der Waals surface area contributed by atoms with Crippen LogP contribution in [0, 0.1) is 0 Å². The summed E-state index contributed by atoms with van der Waals surface area (Å²) in [6.07, 6.45) is 9.91. The summed E-state index contributed by atoms with van der Waals surface area (Å²) in [7, 11) is 4.22. The van der Waals surface area contributed by atoms with Crippen LogP contribution in [0.2, 0.25) is 5.15 Å². The molecule has 0 atom stereocenters. The largest absolute Gasteiger partial charge is 0.321 e. The summed E-state index contributed by atoms with van der Waals surface area (Å²) in [4.78, 5) is 6.82. The van der Waals surface area contributed by atoms with Gasteiger partial charge in [-0.15, -0.1) is 0 Å². The second-order valence-electron chi connectivity index (χ2n) is 5.86. The smallest absolute Gasteiger partial charge is 0.128 e. The van der Waals surface area contributed by atoms with Crippen molar-refractivity contribution in [2.45, 2.75) is 51.1 Å². The first-order chi connectivity index (χ1) is 9.68. The summed E-state index contributed by atoms with van der Waals surface area (Å²) in [6.45, 7) is 3.00. The lowest BCUT2D eigenvalue weighted by Crippen LogP contribution is -2.35. The molecule has 1 aromatic heterocycles. The molecule has 0 saturated heterocycles. The van der Waals surface area contributed by atoms with Crippen molar-refractivity contribution < 1.29 is 0 Å². The molecule has 1 saturated carbocycles. The highest BCUT2D eigenvalue weighted by Crippen LogP contribution is 2.21. The molecule has 5 heteroatoms. The number of imidazole rings is 1. The molecule has 114 valence electrons. The van der Waals surface area contributed by atoms with E-state index in [0.717, 1.165) is 25.0 Å². The van der Waals surface area contributed by atoms with E-state index in [1.807, 2.05) is 11.6 Å². The van der Waals surface area contributed by atoms with Gasteiger partial charge >= 0.3 is 0 Å². The van der Waals surface area contributed by atoms with Crippen molar-refractivity contribution in [1.29, 1.82) is 0 Å². The fraction of sp³-hybridized carbons (Fsp3) is 0.800. The van der Waals surface area contributed by atoms with Gasteiger partial charge in [0.05, 0.1) is 12.7 Å². The molecule has 1 aromatic rings. The van der Waals surface area contributed by atoms with E-state index < -0.39 is 0 Å². The highest BCUT2D eigenvalue weighted by Gasteiger charge is 2.17. The van der Waals surface area contributed by atoms with Crippen molar-refractivity contribution in [1.82, 2.24) is 19.8 Å². The van der Waals surface area contributed by atoms with E-state index in [4.69, 9.17) is 11.6 Å². The Hall–Kier alpha value is -0.580. The number of rotatable bonds is 7. The average Bonchev–Trinajstić information content (AvgIpc) is 2.79. The minimum Gasteiger partial charge on any atom is -0.321 e. The molecule has 0 unspecified atom stereocenters. The predicted molar refractivity (Wildman–Crippen MR) is 84.0 cm³/mol. The summed E-state index contributed by atoms with van der Waals surface area (Å²) in [5.74, 6) is 0.996. The standard InChI is InChI=1S/C15H27ClN4/c1-19(13-7-4-3-5-8-13)10-6-9-17-12-15-18-11-14(16)20(15)2/h11,13,17H,3-10,12H2,1-2H3. The molecule has 0 amide bonds. The Morgan fingerprint density at radius 2 is 2.15 bits per heavy atom. The zero-order chi connectivity index (χ0) is 14.4. The van der Waals surface area contributed by atoms with Crippen LogP contribution in [-0.2, 0) is 13.6 Å². The topological polar surface area (TPSA) is 33.1 Å². The van der Waals surface area contributed by atoms with E-state index in [1.165, 1.54) is 45.1 Å². The molecule has 1 fully saturated rings. The van der Waals surface area contributed by atoms with Crippen LogP contribution in [0.5, 0.6) is 0 Å². The van der Waals surface area contributed by atoms with Crippen molar-refractivity contribution >= 4 is 11.6 Å². The number of hydrogen-bond donors (Lipinski definition) is 1. The van der Waals surface area contributed by atoms with Crippen molar-refractivity contribution in [3.05, 3.63) is 17.2 Å². The fourth-order valence-electron chi connectivity index (χ4n) is 2.95. The first-order valence-electron chi connectivity index (χ1n) is 7.75. The Morgan fingerprint density at radius 1 is 1.40 bits per heavy atom. The van der Waals surface area contributed by atoms with Gasteiger partial charge in [0.15, 0.2) is 0 Å². The summed E-state index contributed by atoms with van der Waals surface area (Å²) in [5, 5.41) is 4.14. The first-order valence-corrected chi connectivity index (χ1v) is 8.13. The third-order valence-electron chi connectivity index (χ3n) is 4.37. The zero-order valence-corrected chi connectivity index (χ0v) is 13.5. The molecule has 1 N–H and O–H groups in total. The van der Waals surface area contributed by atoms with Gasteiger partial charge in [-0.25, -0.2) is 4.98 Å². The monoisotopic (exact) mass is 298 g/mol. The second-order valence-corrected chi connectivity index (χ2v) is 6.25. The van der Waals surface area contributed by atoms with Crippen LogP contribution in [0.15, 0.2) is 6.20 Å². The summed E-state index contributed by atoms with van der Waals surface area (Å²) < 4.78 is 1.92. The first kappa shape index (κ1) is 15.8. The Labute approximate surface area is 127 Å². The van der Waals surface area contributed by atoms with Gasteiger partial charge in [0, 0.05) is 13.1 Å². The minimum atomic E-state index is 0.693. The van der Waals surface area contributed by atoms with E-state index in [9.17, 15) is 0 Å². The lowest BCUT2D eigenvalue weighted by atomic mass is 9.94. The van der Waals surface area contributed by atoms with Crippen molar-refractivity contribution in [2.24, 2.45) is 7.05 Å². The van der Waals surface area contributed by atoms with Crippen LogP contribution < -0.4 is 5.32 Å². The van der Waals surface area contributed by atoms with Crippen LogP contribution in [0.25, 0.3) is 0 Å². The minimum absolute atomic E-state index is 0.693. The number of nitrogens with one attached hydrogen (secondary N) is 1. The van der Waals surface area contributed by atoms with E-state index in [0.29, 0.717) is 5.15 Å². The van der Waals surface area contributed by atoms with E-state index in [-0.39, 0.29) is 0 Å². The molecular weight excluding hydrogens is 272 g/mol. The molecule has 1 heterocycles. The van der Waals surface area contributed by atoms with Gasteiger partial charge in [0.25, 0.3) is 0 Å². The zero-order valence-electron chi connectivity index (χ0n) is 12.7. The molecule has 1 aliphatic rings. The van der Waals surface area contributed by atoms with E-state index >= 15 is 0 Å². The number of aromatic nitrogens is 2. The van der Waals surface area contributed by atoms with Crippen molar-refractivity contribution in [3.63, 3.8) is 0 Å². The lowest BCUT2D eigenvalue weighted by molar-refractivity contribution is 0.189. The Bertz CT molecular complexity index is 399. The third-order valence-corrected chi connectivity index (χ3v) is 4.72. The normalized spacial score (nSPS) is 17.0. The molecule has 0 bridgehead atoms. The Morgan fingerprint density at radius 3 is 2.80 bits per heavy atom. The molecule has 0 aromatic carbocycles. The van der Waals surface area contributed by atoms with Gasteiger partial charge in [-0.3, -0.25) is 0 Å². The van der Waals surface area contributed by atoms with Gasteiger partial charge in [-0.2, -0.15) is 0 Å². The Kier molecular flexibility index (Phi) is 6.33. The maximum atomic E-state index is 5.96. The van der Waals surface area contributed by atoms with E-state index in [1.54, 1.807) is 6.20 Å². The van der Waals surface area contributed by atoms with Gasteiger partial charge in [-0.1, -0.05) is 30.9 Å².